The lowest BCUT2D eigenvalue weighted by Gasteiger charge is -2.30. The van der Waals surface area contributed by atoms with E-state index >= 15 is 0 Å². The van der Waals surface area contributed by atoms with Crippen molar-refractivity contribution in [1.82, 2.24) is 9.97 Å². The summed E-state index contributed by atoms with van der Waals surface area (Å²) < 4.78 is 19.8. The van der Waals surface area contributed by atoms with E-state index in [2.05, 4.69) is 15.0 Å². The highest BCUT2D eigenvalue weighted by Gasteiger charge is 2.57. The fourth-order valence-corrected chi connectivity index (χ4v) is 3.52. The molecule has 134 valence electrons. The molecule has 0 amide bonds. The van der Waals surface area contributed by atoms with Crippen LogP contribution in [0.5, 0.6) is 0 Å². The first-order valence-corrected chi connectivity index (χ1v) is 8.56. The van der Waals surface area contributed by atoms with Gasteiger partial charge < -0.3 is 10.5 Å². The van der Waals surface area contributed by atoms with Crippen molar-refractivity contribution < 1.29 is 13.9 Å². The van der Waals surface area contributed by atoms with E-state index in [-0.39, 0.29) is 30.2 Å². The fraction of sp³-hybridized carbons (Fsp3) is 0.333. The molecule has 4 rings (SSSR count). The van der Waals surface area contributed by atoms with E-state index in [0.717, 1.165) is 6.42 Å². The number of nitrogens with zero attached hydrogens (tertiary/aromatic N) is 3. The third-order valence-electron chi connectivity index (χ3n) is 4.89. The van der Waals surface area contributed by atoms with Crippen LogP contribution in [0, 0.1) is 11.9 Å². The van der Waals surface area contributed by atoms with E-state index < -0.39 is 11.5 Å². The average molecular weight is 375 g/mol. The Hall–Kier alpha value is -2.54. The zero-order chi connectivity index (χ0) is 18.5. The van der Waals surface area contributed by atoms with Crippen molar-refractivity contribution in [3.8, 4) is 0 Å². The number of fused-ring (bicyclic) bond motifs is 1. The molecule has 26 heavy (non-hydrogen) atoms. The summed E-state index contributed by atoms with van der Waals surface area (Å²) in [6, 6.07) is 4.84. The van der Waals surface area contributed by atoms with Crippen LogP contribution in [0.15, 0.2) is 35.6 Å². The quantitative estimate of drug-likeness (QED) is 0.656. The summed E-state index contributed by atoms with van der Waals surface area (Å²) in [7, 11) is 0. The molecular formula is C18H16ClFN4O2. The van der Waals surface area contributed by atoms with Crippen molar-refractivity contribution in [3.63, 3.8) is 0 Å². The van der Waals surface area contributed by atoms with Gasteiger partial charge in [0, 0.05) is 30.3 Å². The van der Waals surface area contributed by atoms with E-state index in [4.69, 9.17) is 22.1 Å². The lowest BCUT2D eigenvalue weighted by Crippen LogP contribution is -2.36. The minimum atomic E-state index is -0.846. The summed E-state index contributed by atoms with van der Waals surface area (Å²) in [4.78, 5) is 24.6. The number of aliphatic imine (C=N–C) groups is 1. The SMILES string of the molecule is C[C@@]1(c2cc(CC(=O)c3ccc(Cl)cn3)cnc2F)N=C(N)O[C@H]2C[C@H]21. The summed E-state index contributed by atoms with van der Waals surface area (Å²) in [5.41, 5.74) is 6.09. The molecule has 0 radical (unpaired) electrons. The molecule has 6 nitrogen and oxygen atoms in total. The van der Waals surface area contributed by atoms with Crippen LogP contribution in [-0.2, 0) is 16.7 Å². The van der Waals surface area contributed by atoms with Gasteiger partial charge in [-0.15, -0.1) is 0 Å². The van der Waals surface area contributed by atoms with E-state index in [1.807, 2.05) is 6.92 Å². The van der Waals surface area contributed by atoms with Gasteiger partial charge in [0.15, 0.2) is 5.78 Å². The highest BCUT2D eigenvalue weighted by atomic mass is 35.5. The highest BCUT2D eigenvalue weighted by Crippen LogP contribution is 2.52. The second kappa shape index (κ2) is 6.02. The Balaban J connectivity index is 1.64. The first-order chi connectivity index (χ1) is 12.4. The van der Waals surface area contributed by atoms with Crippen LogP contribution >= 0.6 is 11.6 Å². The van der Waals surface area contributed by atoms with Crippen molar-refractivity contribution in [2.75, 3.05) is 0 Å². The molecule has 0 spiro atoms. The van der Waals surface area contributed by atoms with Gasteiger partial charge in [0.1, 0.15) is 11.8 Å². The number of nitrogens with two attached hydrogens (primary N) is 1. The molecule has 2 aliphatic rings. The van der Waals surface area contributed by atoms with Crippen molar-refractivity contribution in [2.24, 2.45) is 16.6 Å². The van der Waals surface area contributed by atoms with Gasteiger partial charge in [0.05, 0.1) is 10.6 Å². The van der Waals surface area contributed by atoms with Gasteiger partial charge in [-0.05, 0) is 37.1 Å². The van der Waals surface area contributed by atoms with Gasteiger partial charge in [-0.3, -0.25) is 9.78 Å². The fourth-order valence-electron chi connectivity index (χ4n) is 3.41. The maximum atomic E-state index is 14.4. The molecular weight excluding hydrogens is 359 g/mol. The zero-order valence-electron chi connectivity index (χ0n) is 13.9. The van der Waals surface area contributed by atoms with Crippen LogP contribution < -0.4 is 5.73 Å². The lowest BCUT2D eigenvalue weighted by molar-refractivity contribution is 0.0988. The number of ether oxygens (including phenoxy) is 1. The number of carbonyl (C=O) groups is 1. The second-order valence-electron chi connectivity index (χ2n) is 6.74. The second-order valence-corrected chi connectivity index (χ2v) is 7.18. The van der Waals surface area contributed by atoms with Gasteiger partial charge in [-0.1, -0.05) is 11.6 Å². The Kier molecular flexibility index (Phi) is 3.91. The molecule has 2 aromatic rings. The number of Topliss-reactive ketones (excluding diaryl/α,β-unsaturated/α-hetero) is 1. The lowest BCUT2D eigenvalue weighted by atomic mass is 9.86. The standard InChI is InChI=1S/C18H16ClFN4O2/c1-18(11-6-15(11)26-17(21)24-18)12-4-9(7-23-16(12)20)5-14(25)13-3-2-10(19)8-22-13/h2-4,7-8,11,15H,5-6H2,1H3,(H2,21,24)/t11-,15+,18-/m1/s1. The van der Waals surface area contributed by atoms with Crippen LogP contribution in [0.2, 0.25) is 5.02 Å². The average Bonchev–Trinajstić information content (AvgIpc) is 3.37. The summed E-state index contributed by atoms with van der Waals surface area (Å²) in [5, 5.41) is 0.453. The van der Waals surface area contributed by atoms with Crippen molar-refractivity contribution in [2.45, 2.75) is 31.4 Å². The number of hydrogen-bond acceptors (Lipinski definition) is 6. The third-order valence-corrected chi connectivity index (χ3v) is 5.11. The van der Waals surface area contributed by atoms with Crippen molar-refractivity contribution in [1.29, 1.82) is 0 Å². The number of pyridine rings is 2. The van der Waals surface area contributed by atoms with Crippen LogP contribution in [0.3, 0.4) is 0 Å². The van der Waals surface area contributed by atoms with Gasteiger partial charge in [0.25, 0.3) is 6.02 Å². The molecule has 3 atom stereocenters. The molecule has 3 heterocycles. The Bertz CT molecular complexity index is 918. The summed E-state index contributed by atoms with van der Waals surface area (Å²) in [6.45, 7) is 1.82. The number of carbonyl (C=O) groups excluding carboxylic acids is 1. The monoisotopic (exact) mass is 374 g/mol. The molecule has 2 N–H and O–H groups in total. The van der Waals surface area contributed by atoms with Gasteiger partial charge in [-0.2, -0.15) is 4.39 Å². The Morgan fingerprint density at radius 3 is 2.96 bits per heavy atom. The summed E-state index contributed by atoms with van der Waals surface area (Å²) in [6.07, 6.45) is 3.54. The molecule has 1 fully saturated rings. The molecule has 8 heteroatoms. The predicted molar refractivity (Wildman–Crippen MR) is 93.4 cm³/mol. The summed E-state index contributed by atoms with van der Waals surface area (Å²) >= 11 is 5.79. The van der Waals surface area contributed by atoms with Crippen LogP contribution in [0.4, 0.5) is 4.39 Å². The number of rotatable bonds is 4. The minimum absolute atomic E-state index is 0.0412. The van der Waals surface area contributed by atoms with E-state index in [1.54, 1.807) is 18.2 Å². The number of aromatic nitrogens is 2. The molecule has 1 aliphatic carbocycles. The highest BCUT2D eigenvalue weighted by molar-refractivity contribution is 6.30. The number of ketones is 1. The van der Waals surface area contributed by atoms with E-state index in [9.17, 15) is 9.18 Å². The Morgan fingerprint density at radius 1 is 1.42 bits per heavy atom. The number of amidine groups is 1. The van der Waals surface area contributed by atoms with Crippen molar-refractivity contribution >= 4 is 23.4 Å². The number of halogens is 2. The van der Waals surface area contributed by atoms with Gasteiger partial charge >= 0.3 is 0 Å². The first kappa shape index (κ1) is 16.9. The van der Waals surface area contributed by atoms with Gasteiger partial charge in [0.2, 0.25) is 5.95 Å². The molecule has 2 aromatic heterocycles. The maximum absolute atomic E-state index is 14.4. The molecule has 0 bridgehead atoms. The zero-order valence-corrected chi connectivity index (χ0v) is 14.7. The summed E-state index contributed by atoms with van der Waals surface area (Å²) in [5.74, 6) is -0.766. The molecule has 1 aliphatic heterocycles. The third kappa shape index (κ3) is 2.92. The van der Waals surface area contributed by atoms with E-state index in [0.29, 0.717) is 21.8 Å². The first-order valence-electron chi connectivity index (χ1n) is 8.18. The largest absolute Gasteiger partial charge is 0.462 e. The Labute approximate surface area is 154 Å². The topological polar surface area (TPSA) is 90.5 Å². The molecule has 0 unspecified atom stereocenters. The van der Waals surface area contributed by atoms with Crippen LogP contribution in [0.25, 0.3) is 0 Å². The maximum Gasteiger partial charge on any atom is 0.283 e. The normalized spacial score (nSPS) is 26.5. The van der Waals surface area contributed by atoms with Crippen LogP contribution in [-0.4, -0.2) is 27.9 Å². The number of hydrogen-bond donors (Lipinski definition) is 1. The molecule has 0 aromatic carbocycles. The predicted octanol–water partition coefficient (Wildman–Crippen LogP) is 2.64. The van der Waals surface area contributed by atoms with Crippen LogP contribution in [0.1, 0.15) is 35.0 Å². The van der Waals surface area contributed by atoms with Crippen molar-refractivity contribution in [3.05, 3.63) is 58.4 Å². The van der Waals surface area contributed by atoms with E-state index in [1.165, 1.54) is 12.4 Å². The Morgan fingerprint density at radius 2 is 2.23 bits per heavy atom. The molecule has 1 saturated carbocycles. The smallest absolute Gasteiger partial charge is 0.283 e. The minimum Gasteiger partial charge on any atom is -0.462 e. The molecule has 0 saturated heterocycles. The van der Waals surface area contributed by atoms with Gasteiger partial charge in [-0.25, -0.2) is 9.98 Å².